The van der Waals surface area contributed by atoms with Crippen molar-refractivity contribution in [3.05, 3.63) is 27.5 Å². The summed E-state index contributed by atoms with van der Waals surface area (Å²) < 4.78 is 1.89. The topological polar surface area (TPSA) is 84.2 Å². The quantitative estimate of drug-likeness (QED) is 0.785. The molecule has 0 fully saturated rings. The number of nitrogens with two attached hydrogens (primary N) is 1. The van der Waals surface area contributed by atoms with E-state index >= 15 is 0 Å². The van der Waals surface area contributed by atoms with E-state index in [0.717, 1.165) is 14.6 Å². The maximum absolute atomic E-state index is 12.1. The lowest BCUT2D eigenvalue weighted by Gasteiger charge is -2.03. The summed E-state index contributed by atoms with van der Waals surface area (Å²) in [6.45, 7) is 0.288. The Morgan fingerprint density at radius 2 is 2.15 bits per heavy atom. The minimum Gasteiger partial charge on any atom is -0.397 e. The first-order valence-corrected chi connectivity index (χ1v) is 7.60. The van der Waals surface area contributed by atoms with Crippen LogP contribution < -0.4 is 16.4 Å². The molecular weight excluding hydrogens is 342 g/mol. The summed E-state index contributed by atoms with van der Waals surface area (Å²) >= 11 is 4.73. The SMILES string of the molecule is CNC(=O)CCNC(=O)c1sc2cc(Br)ccc2c1N. The number of nitrogens with one attached hydrogen (secondary N) is 2. The summed E-state index contributed by atoms with van der Waals surface area (Å²) in [5.41, 5.74) is 6.48. The molecule has 5 nitrogen and oxygen atoms in total. The van der Waals surface area contributed by atoms with E-state index in [0.29, 0.717) is 10.6 Å². The zero-order valence-corrected chi connectivity index (χ0v) is 13.2. The summed E-state index contributed by atoms with van der Waals surface area (Å²) in [5, 5.41) is 6.07. The van der Waals surface area contributed by atoms with Gasteiger partial charge in [-0.2, -0.15) is 0 Å². The number of hydrogen-bond donors (Lipinski definition) is 3. The Labute approximate surface area is 128 Å². The Balaban J connectivity index is 2.14. The summed E-state index contributed by atoms with van der Waals surface area (Å²) in [6, 6.07) is 5.70. The van der Waals surface area contributed by atoms with Gasteiger partial charge in [0.2, 0.25) is 5.91 Å². The number of anilines is 1. The van der Waals surface area contributed by atoms with E-state index in [2.05, 4.69) is 26.6 Å². The molecule has 0 spiro atoms. The maximum Gasteiger partial charge on any atom is 0.263 e. The number of thiophene rings is 1. The molecule has 0 aliphatic carbocycles. The van der Waals surface area contributed by atoms with Crippen molar-refractivity contribution >= 4 is 54.9 Å². The molecule has 0 aliphatic heterocycles. The molecular formula is C13H14BrN3O2S. The third-order valence-corrected chi connectivity index (χ3v) is 4.47. The van der Waals surface area contributed by atoms with Gasteiger partial charge in [-0.05, 0) is 12.1 Å². The van der Waals surface area contributed by atoms with Gasteiger partial charge in [-0.3, -0.25) is 9.59 Å². The Morgan fingerprint density at radius 3 is 2.85 bits per heavy atom. The first-order valence-electron chi connectivity index (χ1n) is 5.99. The van der Waals surface area contributed by atoms with Crippen molar-refractivity contribution in [1.82, 2.24) is 10.6 Å². The van der Waals surface area contributed by atoms with Crippen LogP contribution in [0.15, 0.2) is 22.7 Å². The van der Waals surface area contributed by atoms with Crippen LogP contribution in [0.3, 0.4) is 0 Å². The Hall–Kier alpha value is -1.60. The molecule has 0 atom stereocenters. The fourth-order valence-corrected chi connectivity index (χ4v) is 3.35. The lowest BCUT2D eigenvalue weighted by atomic mass is 10.2. The highest BCUT2D eigenvalue weighted by Crippen LogP contribution is 2.35. The minimum absolute atomic E-state index is 0.112. The summed E-state index contributed by atoms with van der Waals surface area (Å²) in [4.78, 5) is 23.6. The molecule has 4 N–H and O–H groups in total. The average Bonchev–Trinajstić information content (AvgIpc) is 2.75. The molecule has 1 aromatic carbocycles. The maximum atomic E-state index is 12.1. The second-order valence-electron chi connectivity index (χ2n) is 4.16. The van der Waals surface area contributed by atoms with Crippen LogP contribution >= 0.6 is 27.3 Å². The van der Waals surface area contributed by atoms with Crippen molar-refractivity contribution < 1.29 is 9.59 Å². The van der Waals surface area contributed by atoms with Crippen LogP contribution in [0.25, 0.3) is 10.1 Å². The van der Waals surface area contributed by atoms with Crippen LogP contribution in [0, 0.1) is 0 Å². The lowest BCUT2D eigenvalue weighted by molar-refractivity contribution is -0.120. The van der Waals surface area contributed by atoms with E-state index in [9.17, 15) is 9.59 Å². The van der Waals surface area contributed by atoms with E-state index in [1.807, 2.05) is 18.2 Å². The zero-order valence-electron chi connectivity index (χ0n) is 10.8. The lowest BCUT2D eigenvalue weighted by Crippen LogP contribution is -2.29. The molecule has 0 saturated heterocycles. The van der Waals surface area contributed by atoms with Gasteiger partial charge in [-0.15, -0.1) is 11.3 Å². The molecule has 20 heavy (non-hydrogen) atoms. The monoisotopic (exact) mass is 355 g/mol. The first-order chi connectivity index (χ1) is 9.52. The summed E-state index contributed by atoms with van der Waals surface area (Å²) in [6.07, 6.45) is 0.249. The fraction of sp³-hybridized carbons (Fsp3) is 0.231. The van der Waals surface area contributed by atoms with E-state index in [-0.39, 0.29) is 24.8 Å². The summed E-state index contributed by atoms with van der Waals surface area (Å²) in [7, 11) is 1.56. The Morgan fingerprint density at radius 1 is 1.40 bits per heavy atom. The molecule has 0 radical (unpaired) electrons. The van der Waals surface area contributed by atoms with E-state index in [1.54, 1.807) is 7.05 Å². The molecule has 0 bridgehead atoms. The van der Waals surface area contributed by atoms with Crippen molar-refractivity contribution in [2.24, 2.45) is 0 Å². The van der Waals surface area contributed by atoms with Crippen LogP contribution in [0.1, 0.15) is 16.1 Å². The number of halogens is 1. The number of hydrogen-bond acceptors (Lipinski definition) is 4. The van der Waals surface area contributed by atoms with Crippen LogP contribution in [0.4, 0.5) is 5.69 Å². The second kappa shape index (κ2) is 6.23. The number of amides is 2. The van der Waals surface area contributed by atoms with Crippen LogP contribution in [-0.2, 0) is 4.79 Å². The number of rotatable bonds is 4. The second-order valence-corrected chi connectivity index (χ2v) is 6.13. The largest absolute Gasteiger partial charge is 0.397 e. The third-order valence-electron chi connectivity index (χ3n) is 2.81. The highest BCUT2D eigenvalue weighted by molar-refractivity contribution is 9.10. The third kappa shape index (κ3) is 3.10. The normalized spacial score (nSPS) is 10.5. The molecule has 106 valence electrons. The van der Waals surface area contributed by atoms with Crippen molar-refractivity contribution in [2.75, 3.05) is 19.3 Å². The smallest absolute Gasteiger partial charge is 0.263 e. The summed E-state index contributed by atoms with van der Waals surface area (Å²) in [5.74, 6) is -0.359. The number of carbonyl (C=O) groups excluding carboxylic acids is 2. The predicted molar refractivity (Wildman–Crippen MR) is 85.0 cm³/mol. The number of fused-ring (bicyclic) bond motifs is 1. The van der Waals surface area contributed by atoms with Crippen molar-refractivity contribution in [2.45, 2.75) is 6.42 Å². The highest BCUT2D eigenvalue weighted by atomic mass is 79.9. The molecule has 2 rings (SSSR count). The number of nitrogen functional groups attached to an aromatic ring is 1. The van der Waals surface area contributed by atoms with Gasteiger partial charge in [0.1, 0.15) is 4.88 Å². The minimum atomic E-state index is -0.247. The molecule has 0 saturated carbocycles. The molecule has 2 aromatic rings. The van der Waals surface area contributed by atoms with Gasteiger partial charge in [-0.1, -0.05) is 22.0 Å². The van der Waals surface area contributed by atoms with Crippen molar-refractivity contribution in [3.8, 4) is 0 Å². The Bertz CT molecular complexity index is 669. The fourth-order valence-electron chi connectivity index (χ4n) is 1.75. The van der Waals surface area contributed by atoms with Gasteiger partial charge in [0.05, 0.1) is 5.69 Å². The van der Waals surface area contributed by atoms with Gasteiger partial charge in [0.25, 0.3) is 5.91 Å². The van der Waals surface area contributed by atoms with E-state index in [4.69, 9.17) is 5.73 Å². The predicted octanol–water partition coefficient (Wildman–Crippen LogP) is 2.11. The van der Waals surface area contributed by atoms with Gasteiger partial charge in [0, 0.05) is 34.6 Å². The number of carbonyl (C=O) groups is 2. The molecule has 7 heteroatoms. The zero-order chi connectivity index (χ0) is 14.7. The molecule has 1 heterocycles. The van der Waals surface area contributed by atoms with E-state index in [1.165, 1.54) is 11.3 Å². The van der Waals surface area contributed by atoms with Gasteiger partial charge in [-0.25, -0.2) is 0 Å². The van der Waals surface area contributed by atoms with Crippen LogP contribution in [0.5, 0.6) is 0 Å². The van der Waals surface area contributed by atoms with Gasteiger partial charge < -0.3 is 16.4 Å². The van der Waals surface area contributed by atoms with Crippen molar-refractivity contribution in [3.63, 3.8) is 0 Å². The molecule has 2 amide bonds. The van der Waals surface area contributed by atoms with Crippen LogP contribution in [-0.4, -0.2) is 25.4 Å². The van der Waals surface area contributed by atoms with Crippen molar-refractivity contribution in [1.29, 1.82) is 0 Å². The first kappa shape index (κ1) is 14.8. The Kier molecular flexibility index (Phi) is 4.61. The van der Waals surface area contributed by atoms with Gasteiger partial charge in [0.15, 0.2) is 0 Å². The highest BCUT2D eigenvalue weighted by Gasteiger charge is 2.16. The molecule has 0 unspecified atom stereocenters. The average molecular weight is 356 g/mol. The number of benzene rings is 1. The molecule has 0 aliphatic rings. The van der Waals surface area contributed by atoms with Gasteiger partial charge >= 0.3 is 0 Å². The standard InChI is InChI=1S/C13H14BrN3O2S/c1-16-10(18)4-5-17-13(19)12-11(15)8-3-2-7(14)6-9(8)20-12/h2-3,6H,4-5,15H2,1H3,(H,16,18)(H,17,19). The van der Waals surface area contributed by atoms with E-state index < -0.39 is 0 Å². The van der Waals surface area contributed by atoms with Crippen LogP contribution in [0.2, 0.25) is 0 Å². The molecule has 1 aromatic heterocycles.